The van der Waals surface area contributed by atoms with Crippen LogP contribution < -0.4 is 15.4 Å². The lowest BCUT2D eigenvalue weighted by atomic mass is 10.0. The Bertz CT molecular complexity index is 1230. The molecule has 0 bridgehead atoms. The van der Waals surface area contributed by atoms with E-state index in [9.17, 15) is 9.00 Å². The van der Waals surface area contributed by atoms with Crippen molar-refractivity contribution < 1.29 is 13.7 Å². The lowest BCUT2D eigenvalue weighted by Gasteiger charge is -2.14. The molecule has 0 saturated carbocycles. The van der Waals surface area contributed by atoms with Gasteiger partial charge in [0.05, 0.1) is 23.5 Å². The molecule has 3 aromatic rings. The molecule has 12 heteroatoms. The van der Waals surface area contributed by atoms with E-state index in [0.29, 0.717) is 40.2 Å². The molecule has 2 atom stereocenters. The molecule has 3 rings (SSSR count). The number of hydrogen-bond acceptors (Lipinski definition) is 7. The van der Waals surface area contributed by atoms with E-state index in [1.165, 1.54) is 7.11 Å². The summed E-state index contributed by atoms with van der Waals surface area (Å²) in [6.07, 6.45) is 4.63. The number of nitrogens with zero attached hydrogens (tertiary/aromatic N) is 4. The molecule has 10 nitrogen and oxygen atoms in total. The standard InChI is InChI=1S/C23H30ClN7O3S/c1-13(2)31-12-17(18-7-8-25-22(28-18)26-11-15(4)27-23(32)34-5)21(29-31)16-9-14(3)10-19(20(16)24)30-35(6)33/h7-10,12-13,15,30H,11H2,1-6H3,(H,27,32)(H,25,26,28)/t15-,35?/m0/s1. The minimum atomic E-state index is -1.28. The number of methoxy groups -OCH3 is 1. The van der Waals surface area contributed by atoms with Gasteiger partial charge in [0.25, 0.3) is 0 Å². The summed E-state index contributed by atoms with van der Waals surface area (Å²) in [6.45, 7) is 8.26. The average Bonchev–Trinajstić information content (AvgIpc) is 3.25. The Labute approximate surface area is 212 Å². The zero-order valence-electron chi connectivity index (χ0n) is 20.5. The average molecular weight is 520 g/mol. The summed E-state index contributed by atoms with van der Waals surface area (Å²) < 4.78 is 21.2. The number of carbonyl (C=O) groups excluding carboxylic acids is 1. The van der Waals surface area contributed by atoms with Crippen molar-refractivity contribution in [2.75, 3.05) is 29.9 Å². The Kier molecular flexibility index (Phi) is 8.68. The van der Waals surface area contributed by atoms with Crippen molar-refractivity contribution >= 4 is 40.3 Å². The van der Waals surface area contributed by atoms with E-state index in [4.69, 9.17) is 16.7 Å². The fourth-order valence-corrected chi connectivity index (χ4v) is 4.13. The SMILES string of the molecule is COC(=O)N[C@@H](C)CNc1nccc(-c2cn(C(C)C)nc2-c2cc(C)cc(NS(C)=O)c2Cl)n1. The Morgan fingerprint density at radius 2 is 2.00 bits per heavy atom. The van der Waals surface area contributed by atoms with Gasteiger partial charge >= 0.3 is 6.09 Å². The van der Waals surface area contributed by atoms with Gasteiger partial charge in [0.2, 0.25) is 5.95 Å². The van der Waals surface area contributed by atoms with Crippen LogP contribution in [0.1, 0.15) is 32.4 Å². The Morgan fingerprint density at radius 3 is 2.66 bits per heavy atom. The Balaban J connectivity index is 2.01. The Hall–Kier alpha value is -3.18. The molecular weight excluding hydrogens is 490 g/mol. The predicted molar refractivity (Wildman–Crippen MR) is 140 cm³/mol. The first-order valence-electron chi connectivity index (χ1n) is 11.0. The number of aryl methyl sites for hydroxylation is 1. The van der Waals surface area contributed by atoms with E-state index in [0.717, 1.165) is 11.1 Å². The summed E-state index contributed by atoms with van der Waals surface area (Å²) in [7, 11) is 0.0373. The van der Waals surface area contributed by atoms with Crippen LogP contribution in [-0.4, -0.2) is 56.0 Å². The van der Waals surface area contributed by atoms with Crippen LogP contribution in [-0.2, 0) is 15.7 Å². The van der Waals surface area contributed by atoms with Crippen LogP contribution in [0, 0.1) is 6.92 Å². The second-order valence-corrected chi connectivity index (χ2v) is 9.87. The van der Waals surface area contributed by atoms with Crippen LogP contribution in [0.5, 0.6) is 0 Å². The third-order valence-electron chi connectivity index (χ3n) is 5.03. The highest BCUT2D eigenvalue weighted by Crippen LogP contribution is 2.39. The summed E-state index contributed by atoms with van der Waals surface area (Å²) in [5.74, 6) is 0.406. The monoisotopic (exact) mass is 519 g/mol. The summed E-state index contributed by atoms with van der Waals surface area (Å²) in [6, 6.07) is 5.51. The predicted octanol–water partition coefficient (Wildman–Crippen LogP) is 4.41. The maximum absolute atomic E-state index is 11.8. The fourth-order valence-electron chi connectivity index (χ4n) is 3.36. The van der Waals surface area contributed by atoms with Crippen molar-refractivity contribution in [2.24, 2.45) is 0 Å². The largest absolute Gasteiger partial charge is 0.453 e. The fraction of sp³-hybridized carbons (Fsp3) is 0.391. The number of rotatable bonds is 9. The van der Waals surface area contributed by atoms with Crippen LogP contribution in [0.4, 0.5) is 16.4 Å². The van der Waals surface area contributed by atoms with Crippen molar-refractivity contribution in [3.8, 4) is 22.5 Å². The molecule has 0 radical (unpaired) electrons. The number of nitrogens with one attached hydrogen (secondary N) is 3. The van der Waals surface area contributed by atoms with Crippen molar-refractivity contribution in [1.82, 2.24) is 25.1 Å². The summed E-state index contributed by atoms with van der Waals surface area (Å²) >= 11 is 6.74. The van der Waals surface area contributed by atoms with Crippen molar-refractivity contribution in [1.29, 1.82) is 0 Å². The van der Waals surface area contributed by atoms with Crippen LogP contribution in [0.15, 0.2) is 30.6 Å². The third-order valence-corrected chi connectivity index (χ3v) is 5.95. The normalized spacial score (nSPS) is 12.8. The summed E-state index contributed by atoms with van der Waals surface area (Å²) in [5, 5.41) is 11.1. The van der Waals surface area contributed by atoms with E-state index < -0.39 is 17.1 Å². The van der Waals surface area contributed by atoms with Crippen LogP contribution >= 0.6 is 11.6 Å². The second-order valence-electron chi connectivity index (χ2n) is 8.38. The molecule has 188 valence electrons. The molecule has 1 aromatic carbocycles. The van der Waals surface area contributed by atoms with Crippen molar-refractivity contribution in [2.45, 2.75) is 39.8 Å². The maximum atomic E-state index is 11.8. The second kappa shape index (κ2) is 11.5. The van der Waals surface area contributed by atoms with Gasteiger partial charge in [0, 0.05) is 48.4 Å². The number of anilines is 2. The van der Waals surface area contributed by atoms with Gasteiger partial charge in [-0.05, 0) is 51.5 Å². The van der Waals surface area contributed by atoms with Gasteiger partial charge in [0.15, 0.2) is 0 Å². The van der Waals surface area contributed by atoms with Gasteiger partial charge in [-0.3, -0.25) is 4.68 Å². The number of amides is 1. The molecule has 35 heavy (non-hydrogen) atoms. The van der Waals surface area contributed by atoms with E-state index >= 15 is 0 Å². The number of hydrogen-bond donors (Lipinski definition) is 3. The number of halogens is 1. The molecule has 2 aromatic heterocycles. The molecular formula is C23H30ClN7O3S. The highest BCUT2D eigenvalue weighted by Gasteiger charge is 2.21. The molecule has 1 amide bonds. The van der Waals surface area contributed by atoms with Crippen LogP contribution in [0.3, 0.4) is 0 Å². The minimum Gasteiger partial charge on any atom is -0.453 e. The molecule has 0 aliphatic heterocycles. The topological polar surface area (TPSA) is 123 Å². The molecule has 3 N–H and O–H groups in total. The first kappa shape index (κ1) is 26.4. The first-order chi connectivity index (χ1) is 16.6. The number of carbonyl (C=O) groups is 1. The van der Waals surface area contributed by atoms with Gasteiger partial charge in [-0.15, -0.1) is 0 Å². The van der Waals surface area contributed by atoms with Crippen molar-refractivity contribution in [3.63, 3.8) is 0 Å². The van der Waals surface area contributed by atoms with E-state index in [-0.39, 0.29) is 12.1 Å². The third kappa shape index (κ3) is 6.70. The molecule has 0 aliphatic carbocycles. The van der Waals surface area contributed by atoms with Crippen molar-refractivity contribution in [3.05, 3.63) is 41.2 Å². The number of alkyl carbamates (subject to hydrolysis) is 1. The lowest BCUT2D eigenvalue weighted by Crippen LogP contribution is -2.37. The molecule has 1 unspecified atom stereocenters. The van der Waals surface area contributed by atoms with Gasteiger partial charge < -0.3 is 20.1 Å². The van der Waals surface area contributed by atoms with E-state index in [2.05, 4.69) is 30.1 Å². The van der Waals surface area contributed by atoms with Crippen LogP contribution in [0.25, 0.3) is 22.5 Å². The zero-order chi connectivity index (χ0) is 25.7. The van der Waals surface area contributed by atoms with Gasteiger partial charge in [-0.2, -0.15) is 5.10 Å². The summed E-state index contributed by atoms with van der Waals surface area (Å²) in [5.41, 5.74) is 4.31. The molecule has 0 saturated heterocycles. The van der Waals surface area contributed by atoms with E-state index in [1.54, 1.807) is 18.5 Å². The van der Waals surface area contributed by atoms with Gasteiger partial charge in [-0.25, -0.2) is 19.0 Å². The van der Waals surface area contributed by atoms with E-state index in [1.807, 2.05) is 50.7 Å². The quantitative estimate of drug-likeness (QED) is 0.382. The number of aromatic nitrogens is 4. The maximum Gasteiger partial charge on any atom is 0.407 e. The highest BCUT2D eigenvalue weighted by molar-refractivity contribution is 7.85. The first-order valence-corrected chi connectivity index (χ1v) is 12.9. The Morgan fingerprint density at radius 1 is 1.26 bits per heavy atom. The zero-order valence-corrected chi connectivity index (χ0v) is 22.1. The molecule has 0 aliphatic rings. The van der Waals surface area contributed by atoms with Gasteiger partial charge in [0.1, 0.15) is 16.7 Å². The molecule has 0 fully saturated rings. The lowest BCUT2D eigenvalue weighted by molar-refractivity contribution is 0.168. The highest BCUT2D eigenvalue weighted by atomic mass is 35.5. The number of ether oxygens (including phenoxy) is 1. The van der Waals surface area contributed by atoms with Gasteiger partial charge in [-0.1, -0.05) is 11.6 Å². The smallest absolute Gasteiger partial charge is 0.407 e. The molecule has 2 heterocycles. The summed E-state index contributed by atoms with van der Waals surface area (Å²) in [4.78, 5) is 20.4. The number of benzene rings is 1. The minimum absolute atomic E-state index is 0.108. The van der Waals surface area contributed by atoms with Crippen LogP contribution in [0.2, 0.25) is 5.02 Å². The molecule has 0 spiro atoms.